The van der Waals surface area contributed by atoms with E-state index in [2.05, 4.69) is 26.6 Å². The number of nitro benzene ring substituents is 1. The molecule has 3 aromatic rings. The van der Waals surface area contributed by atoms with Crippen LogP contribution in [0.1, 0.15) is 10.9 Å². The number of likely N-dealkylation sites (N-methyl/N-ethyl adjacent to an activating group) is 1. The van der Waals surface area contributed by atoms with Gasteiger partial charge in [0.1, 0.15) is 0 Å². The number of nitrogens with zero attached hydrogens (tertiary/aromatic N) is 3. The maximum Gasteiger partial charge on any atom is 0.278 e. The van der Waals surface area contributed by atoms with Crippen molar-refractivity contribution in [1.82, 2.24) is 9.88 Å². The fraction of sp³-hybridized carbons (Fsp3) is 0.235. The number of hydrogen-bond acceptors (Lipinski definition) is 6. The minimum absolute atomic E-state index is 0.0751. The van der Waals surface area contributed by atoms with E-state index in [0.717, 1.165) is 11.1 Å². The SMILES string of the molecule is CN(C)C(CNc1ccc([N+](=O)[O-])c2cnccc12)c1cccs1. The fourth-order valence-corrected chi connectivity index (χ4v) is 3.64. The number of nitrogens with one attached hydrogen (secondary N) is 1. The number of thiophene rings is 1. The molecule has 6 nitrogen and oxygen atoms in total. The zero-order valence-electron chi connectivity index (χ0n) is 13.5. The van der Waals surface area contributed by atoms with E-state index in [0.29, 0.717) is 11.9 Å². The molecule has 0 spiro atoms. The van der Waals surface area contributed by atoms with Crippen LogP contribution in [-0.2, 0) is 0 Å². The van der Waals surface area contributed by atoms with Gasteiger partial charge in [-0.25, -0.2) is 0 Å². The summed E-state index contributed by atoms with van der Waals surface area (Å²) in [6, 6.07) is 9.50. The van der Waals surface area contributed by atoms with Crippen molar-refractivity contribution in [3.8, 4) is 0 Å². The molecule has 0 saturated heterocycles. The summed E-state index contributed by atoms with van der Waals surface area (Å²) in [5.74, 6) is 0. The molecule has 3 rings (SSSR count). The molecule has 0 aliphatic carbocycles. The normalized spacial score (nSPS) is 12.5. The summed E-state index contributed by atoms with van der Waals surface area (Å²) in [4.78, 5) is 18.3. The molecular formula is C17H18N4O2S. The fourth-order valence-electron chi connectivity index (χ4n) is 2.71. The third-order valence-corrected chi connectivity index (χ3v) is 4.95. The standard InChI is InChI=1S/C17H18N4O2S/c1-20(2)16(17-4-3-9-24-17)11-19-14-5-6-15(21(22)23)13-10-18-8-7-12(13)14/h3-10,16,19H,11H2,1-2H3. The highest BCUT2D eigenvalue weighted by atomic mass is 32.1. The van der Waals surface area contributed by atoms with Crippen LogP contribution in [0.3, 0.4) is 0 Å². The van der Waals surface area contributed by atoms with Crippen molar-refractivity contribution in [2.75, 3.05) is 26.0 Å². The van der Waals surface area contributed by atoms with Crippen molar-refractivity contribution in [3.63, 3.8) is 0 Å². The van der Waals surface area contributed by atoms with Crippen LogP contribution in [0.2, 0.25) is 0 Å². The van der Waals surface area contributed by atoms with E-state index in [9.17, 15) is 10.1 Å². The Kier molecular flexibility index (Phi) is 4.73. The molecule has 0 amide bonds. The van der Waals surface area contributed by atoms with Crippen LogP contribution < -0.4 is 5.32 Å². The van der Waals surface area contributed by atoms with Gasteiger partial charge in [-0.15, -0.1) is 11.3 Å². The summed E-state index contributed by atoms with van der Waals surface area (Å²) in [7, 11) is 4.09. The number of anilines is 1. The van der Waals surface area contributed by atoms with Crippen LogP contribution in [0.15, 0.2) is 48.1 Å². The lowest BCUT2D eigenvalue weighted by Crippen LogP contribution is -2.26. The predicted molar refractivity (Wildman–Crippen MR) is 97.6 cm³/mol. The Morgan fingerprint density at radius 2 is 2.12 bits per heavy atom. The third-order valence-electron chi connectivity index (χ3n) is 3.97. The molecular weight excluding hydrogens is 324 g/mol. The molecule has 0 bridgehead atoms. The van der Waals surface area contributed by atoms with E-state index in [1.165, 1.54) is 10.9 Å². The number of rotatable bonds is 6. The molecule has 0 radical (unpaired) electrons. The maximum atomic E-state index is 11.2. The maximum absolute atomic E-state index is 11.2. The van der Waals surface area contributed by atoms with Gasteiger partial charge in [-0.05, 0) is 37.7 Å². The second kappa shape index (κ2) is 6.94. The van der Waals surface area contributed by atoms with Crippen molar-refractivity contribution in [2.24, 2.45) is 0 Å². The Morgan fingerprint density at radius 1 is 1.29 bits per heavy atom. The molecule has 24 heavy (non-hydrogen) atoms. The molecule has 0 aliphatic rings. The average molecular weight is 342 g/mol. The summed E-state index contributed by atoms with van der Waals surface area (Å²) >= 11 is 1.72. The van der Waals surface area contributed by atoms with Crippen molar-refractivity contribution in [2.45, 2.75) is 6.04 Å². The van der Waals surface area contributed by atoms with Crippen molar-refractivity contribution in [3.05, 3.63) is 63.1 Å². The number of aromatic nitrogens is 1. The first kappa shape index (κ1) is 16.4. The van der Waals surface area contributed by atoms with Crippen molar-refractivity contribution >= 4 is 33.5 Å². The highest BCUT2D eigenvalue weighted by Gasteiger charge is 2.17. The lowest BCUT2D eigenvalue weighted by atomic mass is 10.1. The molecule has 0 fully saturated rings. The highest BCUT2D eigenvalue weighted by Crippen LogP contribution is 2.31. The van der Waals surface area contributed by atoms with Gasteiger partial charge in [-0.2, -0.15) is 0 Å². The van der Waals surface area contributed by atoms with Gasteiger partial charge in [0.15, 0.2) is 0 Å². The lowest BCUT2D eigenvalue weighted by molar-refractivity contribution is -0.383. The zero-order valence-corrected chi connectivity index (χ0v) is 14.3. The number of pyridine rings is 1. The average Bonchev–Trinajstić information content (AvgIpc) is 3.08. The van der Waals surface area contributed by atoms with Gasteiger partial charge in [0.25, 0.3) is 5.69 Å². The molecule has 1 N–H and O–H groups in total. The Hall–Kier alpha value is -2.51. The minimum atomic E-state index is -0.373. The Balaban J connectivity index is 1.90. The van der Waals surface area contributed by atoms with E-state index in [1.54, 1.807) is 35.9 Å². The second-order valence-electron chi connectivity index (χ2n) is 5.69. The second-order valence-corrected chi connectivity index (χ2v) is 6.67. The van der Waals surface area contributed by atoms with Crippen LogP contribution in [0.4, 0.5) is 11.4 Å². The van der Waals surface area contributed by atoms with Gasteiger partial charge in [-0.3, -0.25) is 15.1 Å². The van der Waals surface area contributed by atoms with Crippen LogP contribution in [0.25, 0.3) is 10.8 Å². The first-order chi connectivity index (χ1) is 11.6. The molecule has 1 atom stereocenters. The van der Waals surface area contributed by atoms with E-state index >= 15 is 0 Å². The van der Waals surface area contributed by atoms with Gasteiger partial charge in [-0.1, -0.05) is 6.07 Å². The van der Waals surface area contributed by atoms with Gasteiger partial charge >= 0.3 is 0 Å². The minimum Gasteiger partial charge on any atom is -0.383 e. The predicted octanol–water partition coefficient (Wildman–Crippen LogP) is 3.92. The van der Waals surface area contributed by atoms with Gasteiger partial charge in [0.05, 0.1) is 16.4 Å². The summed E-state index contributed by atoms with van der Waals surface area (Å²) < 4.78 is 0. The number of hydrogen-bond donors (Lipinski definition) is 1. The highest BCUT2D eigenvalue weighted by molar-refractivity contribution is 7.10. The molecule has 2 aromatic heterocycles. The van der Waals surface area contributed by atoms with Gasteiger partial charge < -0.3 is 10.2 Å². The van der Waals surface area contributed by atoms with E-state index in [4.69, 9.17) is 0 Å². The third kappa shape index (κ3) is 3.22. The molecule has 0 aliphatic heterocycles. The molecule has 1 unspecified atom stereocenters. The van der Waals surface area contributed by atoms with Crippen LogP contribution in [0.5, 0.6) is 0 Å². The van der Waals surface area contributed by atoms with E-state index in [1.807, 2.05) is 20.2 Å². The summed E-state index contributed by atoms with van der Waals surface area (Å²) in [5.41, 5.74) is 0.951. The molecule has 124 valence electrons. The monoisotopic (exact) mass is 342 g/mol. The Morgan fingerprint density at radius 3 is 2.79 bits per heavy atom. The Bertz CT molecular complexity index is 849. The van der Waals surface area contributed by atoms with Crippen LogP contribution >= 0.6 is 11.3 Å². The first-order valence-electron chi connectivity index (χ1n) is 7.52. The first-order valence-corrected chi connectivity index (χ1v) is 8.40. The van der Waals surface area contributed by atoms with E-state index < -0.39 is 0 Å². The molecule has 0 saturated carbocycles. The molecule has 7 heteroatoms. The summed E-state index contributed by atoms with van der Waals surface area (Å²) in [5, 5.41) is 18.1. The zero-order chi connectivity index (χ0) is 17.1. The quantitative estimate of drug-likeness (QED) is 0.543. The Labute approximate surface area is 143 Å². The number of fused-ring (bicyclic) bond motifs is 1. The largest absolute Gasteiger partial charge is 0.383 e. The van der Waals surface area contributed by atoms with Crippen LogP contribution in [0, 0.1) is 10.1 Å². The molecule has 1 aromatic carbocycles. The lowest BCUT2D eigenvalue weighted by Gasteiger charge is -2.24. The smallest absolute Gasteiger partial charge is 0.278 e. The van der Waals surface area contributed by atoms with Crippen molar-refractivity contribution < 1.29 is 4.92 Å². The van der Waals surface area contributed by atoms with Crippen molar-refractivity contribution in [1.29, 1.82) is 0 Å². The summed E-state index contributed by atoms with van der Waals surface area (Å²) in [6.45, 7) is 0.711. The van der Waals surface area contributed by atoms with Gasteiger partial charge in [0, 0.05) is 41.0 Å². The van der Waals surface area contributed by atoms with Gasteiger partial charge in [0.2, 0.25) is 0 Å². The van der Waals surface area contributed by atoms with Crippen LogP contribution in [-0.4, -0.2) is 35.4 Å². The van der Waals surface area contributed by atoms with E-state index in [-0.39, 0.29) is 16.7 Å². The molecule has 2 heterocycles. The number of nitro groups is 1. The topological polar surface area (TPSA) is 71.3 Å². The number of benzene rings is 1. The summed E-state index contributed by atoms with van der Waals surface area (Å²) in [6.07, 6.45) is 3.20. The number of non-ortho nitro benzene ring substituents is 1.